The fourth-order valence-electron chi connectivity index (χ4n) is 1.60. The lowest BCUT2D eigenvalue weighted by molar-refractivity contribution is 0.581. The third-order valence-electron chi connectivity index (χ3n) is 2.60. The van der Waals surface area contributed by atoms with E-state index in [4.69, 9.17) is 0 Å². The summed E-state index contributed by atoms with van der Waals surface area (Å²) in [5.74, 6) is 0.767. The summed E-state index contributed by atoms with van der Waals surface area (Å²) in [5.41, 5.74) is 1.53. The van der Waals surface area contributed by atoms with Gasteiger partial charge in [-0.05, 0) is 34.7 Å². The summed E-state index contributed by atoms with van der Waals surface area (Å²) in [7, 11) is 0. The van der Waals surface area contributed by atoms with E-state index in [0.29, 0.717) is 0 Å². The Kier molecular flexibility index (Phi) is 5.14. The summed E-state index contributed by atoms with van der Waals surface area (Å²) in [6.45, 7) is 4.61. The Morgan fingerprint density at radius 1 is 1.31 bits per heavy atom. The van der Waals surface area contributed by atoms with Crippen LogP contribution in [0.3, 0.4) is 0 Å². The lowest BCUT2D eigenvalue weighted by Crippen LogP contribution is -1.90. The Morgan fingerprint density at radius 2 is 2.15 bits per heavy atom. The van der Waals surface area contributed by atoms with Crippen molar-refractivity contribution in [3.05, 3.63) is 22.4 Å². The largest absolute Gasteiger partial charge is 0.152 e. The molecule has 0 aliphatic carbocycles. The summed E-state index contributed by atoms with van der Waals surface area (Å²) in [5, 5.41) is 4.46. The van der Waals surface area contributed by atoms with Gasteiger partial charge in [0.25, 0.3) is 0 Å². The quantitative estimate of drug-likeness (QED) is 0.572. The van der Waals surface area contributed by atoms with Crippen LogP contribution >= 0.6 is 11.3 Å². The average molecular weight is 196 g/mol. The standard InChI is InChI=1S/C12H20S/c1-3-4-5-6-7-11(2)12-8-9-13-10-12/h8-11H,3-7H2,1-2H3. The molecule has 0 saturated carbocycles. The molecule has 0 bridgehead atoms. The van der Waals surface area contributed by atoms with Crippen LogP contribution in [0, 0.1) is 0 Å². The predicted octanol–water partition coefficient (Wildman–Crippen LogP) is 4.82. The molecule has 0 nitrogen and oxygen atoms in total. The van der Waals surface area contributed by atoms with Gasteiger partial charge in [0.1, 0.15) is 0 Å². The van der Waals surface area contributed by atoms with E-state index < -0.39 is 0 Å². The highest BCUT2D eigenvalue weighted by molar-refractivity contribution is 7.07. The molecule has 1 aromatic heterocycles. The number of unbranched alkanes of at least 4 members (excludes halogenated alkanes) is 3. The second kappa shape index (κ2) is 6.20. The van der Waals surface area contributed by atoms with Gasteiger partial charge in [0.2, 0.25) is 0 Å². The van der Waals surface area contributed by atoms with Gasteiger partial charge in [-0.3, -0.25) is 0 Å². The molecular weight excluding hydrogens is 176 g/mol. The van der Waals surface area contributed by atoms with Crippen LogP contribution in [0.4, 0.5) is 0 Å². The first-order valence-electron chi connectivity index (χ1n) is 5.36. The molecule has 0 amide bonds. The van der Waals surface area contributed by atoms with Crippen LogP contribution in [0.15, 0.2) is 16.8 Å². The molecular formula is C12H20S. The van der Waals surface area contributed by atoms with Gasteiger partial charge in [-0.2, -0.15) is 11.3 Å². The Labute approximate surface area is 86.0 Å². The van der Waals surface area contributed by atoms with Crippen molar-refractivity contribution in [1.82, 2.24) is 0 Å². The molecule has 1 aromatic rings. The van der Waals surface area contributed by atoms with Gasteiger partial charge < -0.3 is 0 Å². The van der Waals surface area contributed by atoms with Crippen LogP contribution in [0.5, 0.6) is 0 Å². The van der Waals surface area contributed by atoms with Crippen LogP contribution in [0.25, 0.3) is 0 Å². The highest BCUT2D eigenvalue weighted by Crippen LogP contribution is 2.23. The van der Waals surface area contributed by atoms with E-state index in [1.165, 1.54) is 37.7 Å². The van der Waals surface area contributed by atoms with E-state index in [1.807, 2.05) is 11.3 Å². The smallest absolute Gasteiger partial charge is 0.00585 e. The number of hydrogen-bond donors (Lipinski definition) is 0. The van der Waals surface area contributed by atoms with Crippen molar-refractivity contribution in [1.29, 1.82) is 0 Å². The first kappa shape index (κ1) is 10.8. The molecule has 74 valence electrons. The van der Waals surface area contributed by atoms with Gasteiger partial charge >= 0.3 is 0 Å². The van der Waals surface area contributed by atoms with Gasteiger partial charge in [0.05, 0.1) is 0 Å². The lowest BCUT2D eigenvalue weighted by Gasteiger charge is -2.08. The topological polar surface area (TPSA) is 0 Å². The van der Waals surface area contributed by atoms with Gasteiger partial charge in [0, 0.05) is 0 Å². The van der Waals surface area contributed by atoms with Crippen LogP contribution < -0.4 is 0 Å². The molecule has 13 heavy (non-hydrogen) atoms. The summed E-state index contributed by atoms with van der Waals surface area (Å²) >= 11 is 1.81. The molecule has 1 rings (SSSR count). The Balaban J connectivity index is 2.15. The number of rotatable bonds is 6. The van der Waals surface area contributed by atoms with Crippen molar-refractivity contribution in [2.24, 2.45) is 0 Å². The number of thiophene rings is 1. The molecule has 1 atom stereocenters. The highest BCUT2D eigenvalue weighted by atomic mass is 32.1. The van der Waals surface area contributed by atoms with E-state index in [0.717, 1.165) is 5.92 Å². The first-order chi connectivity index (χ1) is 6.34. The fourth-order valence-corrected chi connectivity index (χ4v) is 2.38. The van der Waals surface area contributed by atoms with Gasteiger partial charge in [-0.25, -0.2) is 0 Å². The second-order valence-electron chi connectivity index (χ2n) is 3.81. The molecule has 0 aromatic carbocycles. The van der Waals surface area contributed by atoms with Crippen LogP contribution in [-0.2, 0) is 0 Å². The first-order valence-corrected chi connectivity index (χ1v) is 6.31. The maximum Gasteiger partial charge on any atom is -0.00585 e. The van der Waals surface area contributed by atoms with Crippen molar-refractivity contribution < 1.29 is 0 Å². The molecule has 0 aliphatic heterocycles. The molecule has 0 N–H and O–H groups in total. The minimum atomic E-state index is 0.767. The summed E-state index contributed by atoms with van der Waals surface area (Å²) in [6, 6.07) is 2.26. The van der Waals surface area contributed by atoms with Crippen molar-refractivity contribution >= 4 is 11.3 Å². The van der Waals surface area contributed by atoms with Crippen LogP contribution in [0.2, 0.25) is 0 Å². The van der Waals surface area contributed by atoms with Crippen molar-refractivity contribution in [3.8, 4) is 0 Å². The molecule has 0 aliphatic rings. The summed E-state index contributed by atoms with van der Waals surface area (Å²) in [4.78, 5) is 0. The van der Waals surface area contributed by atoms with Crippen molar-refractivity contribution in [3.63, 3.8) is 0 Å². The number of hydrogen-bond acceptors (Lipinski definition) is 1. The van der Waals surface area contributed by atoms with Gasteiger partial charge in [0.15, 0.2) is 0 Å². The SMILES string of the molecule is CCCCCCC(C)c1ccsc1. The zero-order valence-corrected chi connectivity index (χ0v) is 9.57. The lowest BCUT2D eigenvalue weighted by atomic mass is 9.97. The maximum atomic E-state index is 2.34. The predicted molar refractivity (Wildman–Crippen MR) is 61.5 cm³/mol. The Morgan fingerprint density at radius 3 is 2.77 bits per heavy atom. The Hall–Kier alpha value is -0.300. The maximum absolute atomic E-state index is 2.34. The summed E-state index contributed by atoms with van der Waals surface area (Å²) < 4.78 is 0. The fraction of sp³-hybridized carbons (Fsp3) is 0.667. The van der Waals surface area contributed by atoms with E-state index in [-0.39, 0.29) is 0 Å². The van der Waals surface area contributed by atoms with E-state index in [2.05, 4.69) is 30.7 Å². The monoisotopic (exact) mass is 196 g/mol. The zero-order valence-electron chi connectivity index (χ0n) is 8.75. The second-order valence-corrected chi connectivity index (χ2v) is 4.59. The van der Waals surface area contributed by atoms with E-state index in [9.17, 15) is 0 Å². The highest BCUT2D eigenvalue weighted by Gasteiger charge is 2.04. The third kappa shape index (κ3) is 3.95. The molecule has 0 spiro atoms. The van der Waals surface area contributed by atoms with Crippen molar-refractivity contribution in [2.45, 2.75) is 51.9 Å². The molecule has 0 saturated heterocycles. The minimum absolute atomic E-state index is 0.767. The Bertz CT molecular complexity index is 201. The van der Waals surface area contributed by atoms with Crippen molar-refractivity contribution in [2.75, 3.05) is 0 Å². The van der Waals surface area contributed by atoms with E-state index >= 15 is 0 Å². The van der Waals surface area contributed by atoms with Crippen LogP contribution in [0.1, 0.15) is 57.4 Å². The average Bonchev–Trinajstić information content (AvgIpc) is 2.65. The molecule has 0 radical (unpaired) electrons. The molecule has 1 heteroatoms. The zero-order chi connectivity index (χ0) is 9.52. The van der Waals surface area contributed by atoms with Gasteiger partial charge in [-0.15, -0.1) is 0 Å². The van der Waals surface area contributed by atoms with Gasteiger partial charge in [-0.1, -0.05) is 39.5 Å². The summed E-state index contributed by atoms with van der Waals surface area (Å²) in [6.07, 6.45) is 6.90. The minimum Gasteiger partial charge on any atom is -0.152 e. The normalized spacial score (nSPS) is 13.1. The molecule has 0 fully saturated rings. The van der Waals surface area contributed by atoms with Crippen LogP contribution in [-0.4, -0.2) is 0 Å². The molecule has 1 heterocycles. The third-order valence-corrected chi connectivity index (χ3v) is 3.30. The van der Waals surface area contributed by atoms with E-state index in [1.54, 1.807) is 0 Å². The molecule has 1 unspecified atom stereocenters.